The van der Waals surface area contributed by atoms with Crippen LogP contribution in [0.3, 0.4) is 0 Å². The molecule has 0 spiro atoms. The zero-order valence-corrected chi connectivity index (χ0v) is 14.2. The highest BCUT2D eigenvalue weighted by molar-refractivity contribution is 5.84. The van der Waals surface area contributed by atoms with Crippen molar-refractivity contribution >= 4 is 22.8 Å². The third-order valence-electron chi connectivity index (χ3n) is 3.82. The number of hydrogen-bond donors (Lipinski definition) is 2. The minimum atomic E-state index is -0.248. The van der Waals surface area contributed by atoms with Crippen molar-refractivity contribution in [1.82, 2.24) is 19.8 Å². The molecule has 1 heterocycles. The number of imidazole rings is 1. The van der Waals surface area contributed by atoms with Crippen LogP contribution in [0.2, 0.25) is 0 Å². The van der Waals surface area contributed by atoms with Gasteiger partial charge in [-0.3, -0.25) is 18.7 Å². The molecule has 0 aliphatic rings. The molecule has 7 heteroatoms. The number of fused-ring (bicyclic) bond motifs is 1. The summed E-state index contributed by atoms with van der Waals surface area (Å²) in [6.45, 7) is 5.30. The molecule has 24 heavy (non-hydrogen) atoms. The number of benzene rings is 1. The molecule has 1 aromatic heterocycles. The number of nitrogens with zero attached hydrogens (tertiary/aromatic N) is 2. The molecule has 0 aliphatic carbocycles. The lowest BCUT2D eigenvalue weighted by molar-refractivity contribution is -0.126. The Morgan fingerprint density at radius 2 is 1.67 bits per heavy atom. The molecule has 2 aromatic rings. The molecule has 0 saturated heterocycles. The highest BCUT2D eigenvalue weighted by Gasteiger charge is 2.13. The van der Waals surface area contributed by atoms with Crippen molar-refractivity contribution in [2.24, 2.45) is 0 Å². The first-order valence-electron chi connectivity index (χ1n) is 8.30. The minimum Gasteiger partial charge on any atom is -0.355 e. The normalized spacial score (nSPS) is 10.8. The van der Waals surface area contributed by atoms with Gasteiger partial charge in [-0.2, -0.15) is 0 Å². The molecule has 0 radical (unpaired) electrons. The van der Waals surface area contributed by atoms with Gasteiger partial charge in [0.2, 0.25) is 11.8 Å². The summed E-state index contributed by atoms with van der Waals surface area (Å²) in [4.78, 5) is 35.8. The van der Waals surface area contributed by atoms with Crippen LogP contribution in [0.1, 0.15) is 26.7 Å². The Morgan fingerprint density at radius 3 is 2.29 bits per heavy atom. The van der Waals surface area contributed by atoms with Crippen molar-refractivity contribution in [2.45, 2.75) is 39.8 Å². The summed E-state index contributed by atoms with van der Waals surface area (Å²) in [5, 5.41) is 5.27. The smallest absolute Gasteiger partial charge is 0.329 e. The first-order chi connectivity index (χ1) is 11.6. The number of carbonyl (C=O) groups is 2. The Bertz CT molecular complexity index is 776. The van der Waals surface area contributed by atoms with E-state index in [9.17, 15) is 14.4 Å². The van der Waals surface area contributed by atoms with Gasteiger partial charge in [-0.25, -0.2) is 4.79 Å². The van der Waals surface area contributed by atoms with Crippen LogP contribution in [-0.2, 0) is 22.7 Å². The minimum absolute atomic E-state index is 0.0373. The molecule has 1 aromatic carbocycles. The summed E-state index contributed by atoms with van der Waals surface area (Å²) in [7, 11) is 0. The molecule has 2 N–H and O–H groups in total. The van der Waals surface area contributed by atoms with Gasteiger partial charge in [0, 0.05) is 26.1 Å². The molecule has 2 rings (SSSR count). The van der Waals surface area contributed by atoms with Gasteiger partial charge in [0.15, 0.2) is 0 Å². The van der Waals surface area contributed by atoms with Crippen molar-refractivity contribution in [2.75, 3.05) is 13.1 Å². The summed E-state index contributed by atoms with van der Waals surface area (Å²) < 4.78 is 3.29. The van der Waals surface area contributed by atoms with Gasteiger partial charge in [0.25, 0.3) is 0 Å². The standard InChI is InChI=1S/C17H24N4O3/c1-3-10-18-16(23)12-19-15(22)9-11-21-14-8-6-5-7-13(14)20(4-2)17(21)24/h5-8H,3-4,9-12H2,1-2H3,(H,18,23)(H,19,22). The van der Waals surface area contributed by atoms with Crippen molar-refractivity contribution in [3.05, 3.63) is 34.7 Å². The highest BCUT2D eigenvalue weighted by atomic mass is 16.2. The lowest BCUT2D eigenvalue weighted by Crippen LogP contribution is -2.37. The number of carbonyl (C=O) groups excluding carboxylic acids is 2. The molecule has 0 unspecified atom stereocenters. The van der Waals surface area contributed by atoms with Gasteiger partial charge in [-0.05, 0) is 25.5 Å². The molecular weight excluding hydrogens is 308 g/mol. The maximum atomic E-state index is 12.4. The number of aromatic nitrogens is 2. The summed E-state index contributed by atoms with van der Waals surface area (Å²) in [6.07, 6.45) is 1.00. The third-order valence-corrected chi connectivity index (χ3v) is 3.82. The van der Waals surface area contributed by atoms with Crippen molar-refractivity contribution in [3.8, 4) is 0 Å². The molecule has 130 valence electrons. The number of rotatable bonds is 8. The Hall–Kier alpha value is -2.57. The summed E-state index contributed by atoms with van der Waals surface area (Å²) >= 11 is 0. The fourth-order valence-electron chi connectivity index (χ4n) is 2.60. The fraction of sp³-hybridized carbons (Fsp3) is 0.471. The number of hydrogen-bond acceptors (Lipinski definition) is 3. The zero-order valence-electron chi connectivity index (χ0n) is 14.2. The monoisotopic (exact) mass is 332 g/mol. The second-order valence-electron chi connectivity index (χ2n) is 5.54. The van der Waals surface area contributed by atoms with Gasteiger partial charge in [0.05, 0.1) is 17.6 Å². The average Bonchev–Trinajstić information content (AvgIpc) is 2.87. The van der Waals surface area contributed by atoms with Gasteiger partial charge < -0.3 is 10.6 Å². The van der Waals surface area contributed by atoms with E-state index < -0.39 is 0 Å². The van der Waals surface area contributed by atoms with E-state index in [1.807, 2.05) is 38.1 Å². The first kappa shape index (κ1) is 17.8. The predicted molar refractivity (Wildman–Crippen MR) is 92.8 cm³/mol. The Morgan fingerprint density at radius 1 is 1.00 bits per heavy atom. The van der Waals surface area contributed by atoms with Gasteiger partial charge in [-0.1, -0.05) is 19.1 Å². The number of para-hydroxylation sites is 2. The van der Waals surface area contributed by atoms with E-state index in [0.717, 1.165) is 17.5 Å². The average molecular weight is 332 g/mol. The van der Waals surface area contributed by atoms with E-state index in [1.165, 1.54) is 0 Å². The van der Waals surface area contributed by atoms with Crippen LogP contribution >= 0.6 is 0 Å². The molecule has 2 amide bonds. The molecular formula is C17H24N4O3. The summed E-state index contributed by atoms with van der Waals surface area (Å²) in [5.74, 6) is -0.452. The van der Waals surface area contributed by atoms with Crippen LogP contribution in [0, 0.1) is 0 Å². The first-order valence-corrected chi connectivity index (χ1v) is 8.30. The van der Waals surface area contributed by atoms with E-state index in [-0.39, 0.29) is 37.0 Å². The molecule has 0 aliphatic heterocycles. The van der Waals surface area contributed by atoms with E-state index in [0.29, 0.717) is 13.1 Å². The van der Waals surface area contributed by atoms with Gasteiger partial charge in [-0.15, -0.1) is 0 Å². The summed E-state index contributed by atoms with van der Waals surface area (Å²) in [5.41, 5.74) is 1.56. The lowest BCUT2D eigenvalue weighted by atomic mass is 10.3. The SMILES string of the molecule is CCCNC(=O)CNC(=O)CCn1c(=O)n(CC)c2ccccc21. The van der Waals surface area contributed by atoms with Gasteiger partial charge in [0.1, 0.15) is 0 Å². The molecule has 0 saturated carbocycles. The predicted octanol–water partition coefficient (Wildman–Crippen LogP) is 0.855. The van der Waals surface area contributed by atoms with Crippen molar-refractivity contribution in [3.63, 3.8) is 0 Å². The number of aryl methyl sites for hydroxylation is 2. The molecule has 7 nitrogen and oxygen atoms in total. The van der Waals surface area contributed by atoms with Crippen LogP contribution in [-0.4, -0.2) is 34.0 Å². The Labute approximate surface area is 140 Å². The van der Waals surface area contributed by atoms with Crippen LogP contribution in [0.25, 0.3) is 11.0 Å². The maximum absolute atomic E-state index is 12.4. The van der Waals surface area contributed by atoms with Crippen LogP contribution < -0.4 is 16.3 Å². The fourth-order valence-corrected chi connectivity index (χ4v) is 2.60. The van der Waals surface area contributed by atoms with E-state index >= 15 is 0 Å². The quantitative estimate of drug-likeness (QED) is 0.752. The zero-order chi connectivity index (χ0) is 17.5. The van der Waals surface area contributed by atoms with E-state index in [1.54, 1.807) is 9.13 Å². The molecule has 0 fully saturated rings. The largest absolute Gasteiger partial charge is 0.355 e. The molecule has 0 bridgehead atoms. The van der Waals surface area contributed by atoms with E-state index in [4.69, 9.17) is 0 Å². The lowest BCUT2D eigenvalue weighted by Gasteiger charge is -2.06. The second kappa shape index (κ2) is 8.33. The number of nitrogens with one attached hydrogen (secondary N) is 2. The summed E-state index contributed by atoms with van der Waals surface area (Å²) in [6, 6.07) is 7.53. The highest BCUT2D eigenvalue weighted by Crippen LogP contribution is 2.12. The molecule has 0 atom stereocenters. The van der Waals surface area contributed by atoms with E-state index in [2.05, 4.69) is 10.6 Å². The Kier molecular flexibility index (Phi) is 6.17. The number of amides is 2. The van der Waals surface area contributed by atoms with Crippen molar-refractivity contribution in [1.29, 1.82) is 0 Å². The van der Waals surface area contributed by atoms with Crippen LogP contribution in [0.5, 0.6) is 0 Å². The van der Waals surface area contributed by atoms with Crippen molar-refractivity contribution < 1.29 is 9.59 Å². The maximum Gasteiger partial charge on any atom is 0.329 e. The van der Waals surface area contributed by atoms with Crippen LogP contribution in [0.15, 0.2) is 29.1 Å². The Balaban J connectivity index is 1.98. The van der Waals surface area contributed by atoms with Gasteiger partial charge >= 0.3 is 5.69 Å². The third kappa shape index (κ3) is 4.04. The topological polar surface area (TPSA) is 85.1 Å². The second-order valence-corrected chi connectivity index (χ2v) is 5.54. The van der Waals surface area contributed by atoms with Crippen LogP contribution in [0.4, 0.5) is 0 Å².